The van der Waals surface area contributed by atoms with Crippen molar-refractivity contribution in [3.8, 4) is 0 Å². The Bertz CT molecular complexity index is 1390. The summed E-state index contributed by atoms with van der Waals surface area (Å²) < 4.78 is 1.64. The van der Waals surface area contributed by atoms with Crippen LogP contribution in [0, 0.1) is 0 Å². The molecule has 1 saturated heterocycles. The van der Waals surface area contributed by atoms with Crippen LogP contribution in [0.3, 0.4) is 0 Å². The summed E-state index contributed by atoms with van der Waals surface area (Å²) in [7, 11) is 0. The lowest BCUT2D eigenvalue weighted by Crippen LogP contribution is -2.43. The van der Waals surface area contributed by atoms with Crippen LogP contribution in [0.4, 0.5) is 0 Å². The predicted molar refractivity (Wildman–Crippen MR) is 126 cm³/mol. The van der Waals surface area contributed by atoms with Gasteiger partial charge in [0.15, 0.2) is 5.78 Å². The third-order valence-electron chi connectivity index (χ3n) is 6.21. The van der Waals surface area contributed by atoms with E-state index in [0.29, 0.717) is 40.7 Å². The molecule has 4 aromatic rings. The first-order valence-corrected chi connectivity index (χ1v) is 11.1. The van der Waals surface area contributed by atoms with Crippen LogP contribution < -0.4 is 5.56 Å². The maximum absolute atomic E-state index is 13.5. The molecule has 2 heterocycles. The highest BCUT2D eigenvalue weighted by Crippen LogP contribution is 2.24. The van der Waals surface area contributed by atoms with Crippen molar-refractivity contribution in [1.29, 1.82) is 0 Å². The number of aromatic nitrogens is 2. The molecular weight excluding hydrogens is 414 g/mol. The summed E-state index contributed by atoms with van der Waals surface area (Å²) in [5.74, 6) is -0.371. The smallest absolute Gasteiger partial charge is 0.261 e. The van der Waals surface area contributed by atoms with Crippen LogP contribution in [0.15, 0.2) is 90.0 Å². The number of para-hydroxylation sites is 1. The van der Waals surface area contributed by atoms with Gasteiger partial charge in [0, 0.05) is 24.2 Å². The molecule has 0 N–H and O–H groups in total. The maximum atomic E-state index is 13.5. The van der Waals surface area contributed by atoms with Gasteiger partial charge in [-0.3, -0.25) is 19.0 Å². The van der Waals surface area contributed by atoms with Gasteiger partial charge in [0.1, 0.15) is 0 Å². The second kappa shape index (κ2) is 8.82. The summed E-state index contributed by atoms with van der Waals surface area (Å²) in [6.45, 7) is 0.978. The zero-order valence-corrected chi connectivity index (χ0v) is 18.1. The van der Waals surface area contributed by atoms with Crippen LogP contribution >= 0.6 is 0 Å². The number of carbonyl (C=O) groups excluding carboxylic acids is 2. The molecule has 3 aromatic carbocycles. The lowest BCUT2D eigenvalue weighted by Gasteiger charge is -2.34. The number of carbonyl (C=O) groups is 2. The third kappa shape index (κ3) is 3.96. The molecule has 1 aromatic heterocycles. The van der Waals surface area contributed by atoms with Gasteiger partial charge in [-0.05, 0) is 31.0 Å². The van der Waals surface area contributed by atoms with Gasteiger partial charge in [0.05, 0.1) is 28.8 Å². The number of hydrogen-bond donors (Lipinski definition) is 0. The number of likely N-dealkylation sites (tertiary alicyclic amines) is 1. The molecule has 0 saturated carbocycles. The van der Waals surface area contributed by atoms with Gasteiger partial charge in [-0.15, -0.1) is 0 Å². The van der Waals surface area contributed by atoms with Crippen LogP contribution in [0.1, 0.15) is 45.2 Å². The summed E-state index contributed by atoms with van der Waals surface area (Å²) in [5.41, 5.74) is 1.88. The van der Waals surface area contributed by atoms with Gasteiger partial charge in [-0.2, -0.15) is 0 Å². The van der Waals surface area contributed by atoms with E-state index in [0.717, 1.165) is 12.8 Å². The summed E-state index contributed by atoms with van der Waals surface area (Å²) in [5, 5.41) is 0.572. The predicted octanol–water partition coefficient (Wildman–Crippen LogP) is 4.10. The van der Waals surface area contributed by atoms with Crippen LogP contribution in [0.2, 0.25) is 0 Å². The Kier molecular flexibility index (Phi) is 5.57. The lowest BCUT2D eigenvalue weighted by atomic mass is 9.96. The molecule has 0 radical (unpaired) electrons. The quantitative estimate of drug-likeness (QED) is 0.451. The number of amides is 1. The summed E-state index contributed by atoms with van der Waals surface area (Å²) >= 11 is 0. The molecule has 1 atom stereocenters. The highest BCUT2D eigenvalue weighted by atomic mass is 16.2. The van der Waals surface area contributed by atoms with Crippen LogP contribution in [-0.4, -0.2) is 39.2 Å². The second-order valence-electron chi connectivity index (χ2n) is 8.26. The fourth-order valence-electron chi connectivity index (χ4n) is 4.49. The van der Waals surface area contributed by atoms with Gasteiger partial charge in [-0.25, -0.2) is 4.98 Å². The van der Waals surface area contributed by atoms with Crippen molar-refractivity contribution in [3.63, 3.8) is 0 Å². The fourth-order valence-corrected chi connectivity index (χ4v) is 4.49. The van der Waals surface area contributed by atoms with Crippen molar-refractivity contribution in [1.82, 2.24) is 14.5 Å². The molecule has 1 aliphatic heterocycles. The highest BCUT2D eigenvalue weighted by Gasteiger charge is 2.28. The lowest BCUT2D eigenvalue weighted by molar-refractivity contribution is 0.0674. The van der Waals surface area contributed by atoms with Gasteiger partial charge < -0.3 is 4.90 Å². The molecule has 0 spiro atoms. The first-order valence-electron chi connectivity index (χ1n) is 11.1. The van der Waals surface area contributed by atoms with E-state index in [9.17, 15) is 14.4 Å². The molecule has 164 valence electrons. The number of hydrogen-bond acceptors (Lipinski definition) is 4. The van der Waals surface area contributed by atoms with Crippen LogP contribution in [0.5, 0.6) is 0 Å². The minimum atomic E-state index is -0.193. The van der Waals surface area contributed by atoms with Crippen molar-refractivity contribution >= 4 is 22.6 Å². The molecule has 0 bridgehead atoms. The molecule has 5 rings (SSSR count). The first-order chi connectivity index (χ1) is 16.1. The van der Waals surface area contributed by atoms with Crippen LogP contribution in [-0.2, 0) is 0 Å². The largest absolute Gasteiger partial charge is 0.337 e. The number of ketones is 1. The Morgan fingerprint density at radius 2 is 1.55 bits per heavy atom. The first kappa shape index (κ1) is 20.8. The van der Waals surface area contributed by atoms with Gasteiger partial charge >= 0.3 is 0 Å². The van der Waals surface area contributed by atoms with Crippen molar-refractivity contribution < 1.29 is 9.59 Å². The molecular formula is C27H23N3O3. The SMILES string of the molecule is O=C(c1ccccc1)c1ccccc1C(=O)N1CCCC(n2cnc3ccccc3c2=O)C1. The van der Waals surface area contributed by atoms with Crippen LogP contribution in [0.25, 0.3) is 10.9 Å². The minimum absolute atomic E-state index is 0.0976. The molecule has 33 heavy (non-hydrogen) atoms. The van der Waals surface area contributed by atoms with Crippen molar-refractivity contribution in [2.75, 3.05) is 13.1 Å². The van der Waals surface area contributed by atoms with E-state index in [2.05, 4.69) is 4.98 Å². The number of fused-ring (bicyclic) bond motifs is 1. The molecule has 6 nitrogen and oxygen atoms in total. The summed E-state index contributed by atoms with van der Waals surface area (Å²) in [4.78, 5) is 45.8. The molecule has 1 aliphatic rings. The number of nitrogens with zero attached hydrogens (tertiary/aromatic N) is 3. The maximum Gasteiger partial charge on any atom is 0.261 e. The van der Waals surface area contributed by atoms with E-state index in [1.165, 1.54) is 0 Å². The summed E-state index contributed by atoms with van der Waals surface area (Å²) in [6, 6.07) is 23.0. The van der Waals surface area contributed by atoms with E-state index in [-0.39, 0.29) is 23.3 Å². The molecule has 1 unspecified atom stereocenters. The Hall–Kier alpha value is -4.06. The third-order valence-corrected chi connectivity index (χ3v) is 6.21. The van der Waals surface area contributed by atoms with E-state index < -0.39 is 0 Å². The average molecular weight is 437 g/mol. The Morgan fingerprint density at radius 3 is 2.36 bits per heavy atom. The Labute approximate surface area is 191 Å². The Balaban J connectivity index is 1.44. The molecule has 0 aliphatic carbocycles. The van der Waals surface area contributed by atoms with E-state index in [4.69, 9.17) is 0 Å². The summed E-state index contributed by atoms with van der Waals surface area (Å²) in [6.07, 6.45) is 3.13. The normalized spacial score (nSPS) is 16.0. The molecule has 6 heteroatoms. The zero-order valence-electron chi connectivity index (χ0n) is 18.1. The monoisotopic (exact) mass is 437 g/mol. The van der Waals surface area contributed by atoms with Crippen molar-refractivity contribution in [2.24, 2.45) is 0 Å². The highest BCUT2D eigenvalue weighted by molar-refractivity contribution is 6.15. The number of rotatable bonds is 4. The zero-order chi connectivity index (χ0) is 22.8. The molecule has 1 fully saturated rings. The van der Waals surface area contributed by atoms with Crippen molar-refractivity contribution in [3.05, 3.63) is 112 Å². The minimum Gasteiger partial charge on any atom is -0.337 e. The number of benzene rings is 3. The molecule has 1 amide bonds. The topological polar surface area (TPSA) is 72.3 Å². The fraction of sp³-hybridized carbons (Fsp3) is 0.185. The number of piperidine rings is 1. The van der Waals surface area contributed by atoms with E-state index in [1.54, 1.807) is 58.3 Å². The van der Waals surface area contributed by atoms with Gasteiger partial charge in [-0.1, -0.05) is 60.7 Å². The Morgan fingerprint density at radius 1 is 0.848 bits per heavy atom. The van der Waals surface area contributed by atoms with E-state index in [1.807, 2.05) is 36.4 Å². The van der Waals surface area contributed by atoms with E-state index >= 15 is 0 Å². The second-order valence-corrected chi connectivity index (χ2v) is 8.26. The van der Waals surface area contributed by atoms with Crippen molar-refractivity contribution in [2.45, 2.75) is 18.9 Å². The van der Waals surface area contributed by atoms with Gasteiger partial charge in [0.25, 0.3) is 11.5 Å². The average Bonchev–Trinajstić information content (AvgIpc) is 2.89. The standard InChI is InChI=1S/C27H23N3O3/c31-25(19-9-2-1-3-10-19)21-12-4-5-13-22(21)26(32)29-16-8-11-20(17-29)30-18-28-24-15-7-6-14-23(24)27(30)33/h1-7,9-10,12-15,18,20H,8,11,16-17H2. The van der Waals surface area contributed by atoms with Gasteiger partial charge in [0.2, 0.25) is 0 Å².